The Morgan fingerprint density at radius 2 is 1.90 bits per heavy atom. The van der Waals surface area contributed by atoms with Crippen LogP contribution < -0.4 is 10.1 Å². The SMILES string of the molecule is Cl.FC(F)(F)c1cc(OCC2CCNCC2)ccc1Cl. The average Bonchev–Trinajstić information content (AvgIpc) is 2.37. The Morgan fingerprint density at radius 3 is 2.50 bits per heavy atom. The van der Waals surface area contributed by atoms with Gasteiger partial charge < -0.3 is 10.1 Å². The van der Waals surface area contributed by atoms with Gasteiger partial charge >= 0.3 is 6.18 Å². The van der Waals surface area contributed by atoms with Gasteiger partial charge in [-0.3, -0.25) is 0 Å². The third kappa shape index (κ3) is 4.72. The van der Waals surface area contributed by atoms with Crippen LogP contribution >= 0.6 is 24.0 Å². The summed E-state index contributed by atoms with van der Waals surface area (Å²) in [5.41, 5.74) is -0.850. The number of benzene rings is 1. The maximum atomic E-state index is 12.7. The number of piperidine rings is 1. The first-order chi connectivity index (χ1) is 8.97. The quantitative estimate of drug-likeness (QED) is 0.899. The molecule has 0 atom stereocenters. The molecular formula is C13H16Cl2F3NO. The number of alkyl halides is 3. The van der Waals surface area contributed by atoms with Crippen LogP contribution in [0.5, 0.6) is 5.75 Å². The molecule has 1 fully saturated rings. The number of ether oxygens (including phenoxy) is 1. The Bertz CT molecular complexity index is 434. The molecule has 7 heteroatoms. The molecule has 1 saturated heterocycles. The predicted molar refractivity (Wildman–Crippen MR) is 74.8 cm³/mol. The Hall–Kier alpha value is -0.650. The second kappa shape index (κ2) is 7.38. The lowest BCUT2D eigenvalue weighted by molar-refractivity contribution is -0.137. The first-order valence-corrected chi connectivity index (χ1v) is 6.55. The van der Waals surface area contributed by atoms with E-state index in [1.165, 1.54) is 12.1 Å². The van der Waals surface area contributed by atoms with Crippen LogP contribution in [-0.4, -0.2) is 19.7 Å². The van der Waals surface area contributed by atoms with E-state index in [1.54, 1.807) is 0 Å². The van der Waals surface area contributed by atoms with Gasteiger partial charge in [0.1, 0.15) is 5.75 Å². The number of hydrogen-bond donors (Lipinski definition) is 1. The number of hydrogen-bond acceptors (Lipinski definition) is 2. The highest BCUT2D eigenvalue weighted by Crippen LogP contribution is 2.36. The van der Waals surface area contributed by atoms with E-state index >= 15 is 0 Å². The Morgan fingerprint density at radius 1 is 1.25 bits per heavy atom. The van der Waals surface area contributed by atoms with Crippen molar-refractivity contribution in [1.29, 1.82) is 0 Å². The Balaban J connectivity index is 0.00000200. The lowest BCUT2D eigenvalue weighted by Crippen LogP contribution is -2.30. The molecule has 0 bridgehead atoms. The summed E-state index contributed by atoms with van der Waals surface area (Å²) in [5, 5.41) is 2.92. The molecule has 1 heterocycles. The molecule has 0 unspecified atom stereocenters. The summed E-state index contributed by atoms with van der Waals surface area (Å²) < 4.78 is 43.5. The summed E-state index contributed by atoms with van der Waals surface area (Å²) in [7, 11) is 0. The first-order valence-electron chi connectivity index (χ1n) is 6.17. The summed E-state index contributed by atoms with van der Waals surface area (Å²) in [4.78, 5) is 0. The van der Waals surface area contributed by atoms with Crippen molar-refractivity contribution in [2.45, 2.75) is 19.0 Å². The van der Waals surface area contributed by atoms with Crippen LogP contribution in [0.1, 0.15) is 18.4 Å². The molecule has 1 aromatic carbocycles. The molecule has 1 aliphatic rings. The molecule has 2 nitrogen and oxygen atoms in total. The molecule has 114 valence electrons. The van der Waals surface area contributed by atoms with Gasteiger partial charge in [0.2, 0.25) is 0 Å². The van der Waals surface area contributed by atoms with Gasteiger partial charge in [0, 0.05) is 0 Å². The van der Waals surface area contributed by atoms with Gasteiger partial charge in [-0.2, -0.15) is 13.2 Å². The zero-order valence-electron chi connectivity index (χ0n) is 10.7. The van der Waals surface area contributed by atoms with Crippen LogP contribution in [0.2, 0.25) is 5.02 Å². The van der Waals surface area contributed by atoms with Crippen molar-refractivity contribution in [3.05, 3.63) is 28.8 Å². The minimum atomic E-state index is -4.45. The van der Waals surface area contributed by atoms with Gasteiger partial charge in [-0.05, 0) is 50.0 Å². The van der Waals surface area contributed by atoms with Gasteiger partial charge in [0.25, 0.3) is 0 Å². The molecule has 1 aromatic rings. The molecule has 0 radical (unpaired) electrons. The average molecular weight is 330 g/mol. The van der Waals surface area contributed by atoms with E-state index in [0.717, 1.165) is 32.0 Å². The van der Waals surface area contributed by atoms with E-state index in [2.05, 4.69) is 5.32 Å². The minimum Gasteiger partial charge on any atom is -0.493 e. The smallest absolute Gasteiger partial charge is 0.417 e. The molecule has 2 rings (SSSR count). The maximum Gasteiger partial charge on any atom is 0.417 e. The molecule has 0 amide bonds. The molecular weight excluding hydrogens is 314 g/mol. The summed E-state index contributed by atoms with van der Waals surface area (Å²) in [6.07, 6.45) is -2.48. The van der Waals surface area contributed by atoms with Crippen LogP contribution in [-0.2, 0) is 6.18 Å². The number of halogens is 5. The molecule has 20 heavy (non-hydrogen) atoms. The van der Waals surface area contributed by atoms with Crippen molar-refractivity contribution in [2.75, 3.05) is 19.7 Å². The third-order valence-electron chi connectivity index (χ3n) is 3.19. The van der Waals surface area contributed by atoms with Crippen molar-refractivity contribution in [1.82, 2.24) is 5.32 Å². The van der Waals surface area contributed by atoms with E-state index in [4.69, 9.17) is 16.3 Å². The summed E-state index contributed by atoms with van der Waals surface area (Å²) >= 11 is 5.55. The van der Waals surface area contributed by atoms with E-state index in [-0.39, 0.29) is 23.2 Å². The van der Waals surface area contributed by atoms with Gasteiger partial charge in [0.05, 0.1) is 17.2 Å². The van der Waals surface area contributed by atoms with Gasteiger partial charge in [-0.1, -0.05) is 11.6 Å². The fourth-order valence-electron chi connectivity index (χ4n) is 2.07. The Kier molecular flexibility index (Phi) is 6.43. The van der Waals surface area contributed by atoms with Crippen LogP contribution in [0.3, 0.4) is 0 Å². The predicted octanol–water partition coefficient (Wildman–Crippen LogP) is 4.16. The largest absolute Gasteiger partial charge is 0.493 e. The van der Waals surface area contributed by atoms with Gasteiger partial charge in [0.15, 0.2) is 0 Å². The molecule has 1 aliphatic heterocycles. The highest BCUT2D eigenvalue weighted by molar-refractivity contribution is 6.31. The van der Waals surface area contributed by atoms with Crippen molar-refractivity contribution < 1.29 is 17.9 Å². The standard InChI is InChI=1S/C13H15ClF3NO.ClH/c14-12-2-1-10(7-11(12)13(15,16)17)19-8-9-3-5-18-6-4-9;/h1-2,7,9,18H,3-6,8H2;1H. The van der Waals surface area contributed by atoms with Crippen LogP contribution in [0.15, 0.2) is 18.2 Å². The van der Waals surface area contributed by atoms with Gasteiger partial charge in [-0.25, -0.2) is 0 Å². The minimum absolute atomic E-state index is 0. The zero-order chi connectivity index (χ0) is 13.9. The molecule has 0 spiro atoms. The van der Waals surface area contributed by atoms with Crippen molar-refractivity contribution in [3.8, 4) is 5.75 Å². The number of nitrogens with one attached hydrogen (secondary N) is 1. The summed E-state index contributed by atoms with van der Waals surface area (Å²) in [5.74, 6) is 0.613. The van der Waals surface area contributed by atoms with Gasteiger partial charge in [-0.15, -0.1) is 12.4 Å². The van der Waals surface area contributed by atoms with Crippen molar-refractivity contribution in [2.24, 2.45) is 5.92 Å². The fraction of sp³-hybridized carbons (Fsp3) is 0.538. The van der Waals surface area contributed by atoms with Crippen LogP contribution in [0.4, 0.5) is 13.2 Å². The summed E-state index contributed by atoms with van der Waals surface area (Å²) in [6, 6.07) is 3.66. The van der Waals surface area contributed by atoms with Crippen LogP contribution in [0, 0.1) is 5.92 Å². The first kappa shape index (κ1) is 17.4. The zero-order valence-corrected chi connectivity index (χ0v) is 12.2. The molecule has 1 N–H and O–H groups in total. The van der Waals surface area contributed by atoms with Crippen molar-refractivity contribution >= 4 is 24.0 Å². The third-order valence-corrected chi connectivity index (χ3v) is 3.52. The van der Waals surface area contributed by atoms with E-state index < -0.39 is 11.7 Å². The fourth-order valence-corrected chi connectivity index (χ4v) is 2.30. The second-order valence-electron chi connectivity index (χ2n) is 4.64. The highest BCUT2D eigenvalue weighted by Gasteiger charge is 2.33. The summed E-state index contributed by atoms with van der Waals surface area (Å²) in [6.45, 7) is 2.31. The van der Waals surface area contributed by atoms with Crippen LogP contribution in [0.25, 0.3) is 0 Å². The monoisotopic (exact) mass is 329 g/mol. The maximum absolute atomic E-state index is 12.7. The van der Waals surface area contributed by atoms with E-state index in [9.17, 15) is 13.2 Å². The van der Waals surface area contributed by atoms with E-state index in [0.29, 0.717) is 12.5 Å². The molecule has 0 saturated carbocycles. The lowest BCUT2D eigenvalue weighted by Gasteiger charge is -2.22. The number of rotatable bonds is 3. The normalized spacial score (nSPS) is 16.6. The van der Waals surface area contributed by atoms with E-state index in [1.807, 2.05) is 0 Å². The highest BCUT2D eigenvalue weighted by atomic mass is 35.5. The Labute approximate surface area is 127 Å². The lowest BCUT2D eigenvalue weighted by atomic mass is 9.99. The second-order valence-corrected chi connectivity index (χ2v) is 5.05. The van der Waals surface area contributed by atoms with Crippen molar-refractivity contribution in [3.63, 3.8) is 0 Å². The molecule has 0 aromatic heterocycles. The topological polar surface area (TPSA) is 21.3 Å². The molecule has 0 aliphatic carbocycles.